The third-order valence-electron chi connectivity index (χ3n) is 4.16. The molecule has 0 aliphatic carbocycles. The Hall–Kier alpha value is -3.01. The first-order valence-corrected chi connectivity index (χ1v) is 8.32. The van der Waals surface area contributed by atoms with Crippen LogP contribution in [0.5, 0.6) is 5.75 Å². The Kier molecular flexibility index (Phi) is 5.19. The highest BCUT2D eigenvalue weighted by molar-refractivity contribution is 5.91. The van der Waals surface area contributed by atoms with E-state index in [0.717, 1.165) is 23.3 Å². The molecular weight excluding hydrogens is 312 g/mol. The molecule has 0 fully saturated rings. The van der Waals surface area contributed by atoms with E-state index in [1.54, 1.807) is 19.3 Å². The molecule has 0 unspecified atom stereocenters. The molecule has 4 nitrogen and oxygen atoms in total. The molecule has 128 valence electrons. The average Bonchev–Trinajstić information content (AvgIpc) is 3.02. The zero-order valence-electron chi connectivity index (χ0n) is 14.5. The highest BCUT2D eigenvalue weighted by atomic mass is 16.5. The first kappa shape index (κ1) is 16.8. The van der Waals surface area contributed by atoms with Gasteiger partial charge in [-0.15, -0.1) is 0 Å². The lowest BCUT2D eigenvalue weighted by Gasteiger charge is -2.03. The van der Waals surface area contributed by atoms with Gasteiger partial charge in [-0.2, -0.15) is 0 Å². The number of aryl methyl sites for hydroxylation is 1. The normalized spacial score (nSPS) is 11.1. The van der Waals surface area contributed by atoms with Gasteiger partial charge in [0, 0.05) is 29.7 Å². The molecule has 0 saturated heterocycles. The number of benzene rings is 2. The molecule has 4 heteroatoms. The van der Waals surface area contributed by atoms with Crippen molar-refractivity contribution in [1.29, 1.82) is 0 Å². The maximum absolute atomic E-state index is 12.0. The fourth-order valence-corrected chi connectivity index (χ4v) is 2.77. The number of H-pyrrole nitrogens is 1. The fourth-order valence-electron chi connectivity index (χ4n) is 2.77. The van der Waals surface area contributed by atoms with Gasteiger partial charge < -0.3 is 15.0 Å². The zero-order chi connectivity index (χ0) is 17.6. The molecule has 1 heterocycles. The predicted octanol–water partition coefficient (Wildman–Crippen LogP) is 3.86. The number of ether oxygens (including phenoxy) is 1. The minimum Gasteiger partial charge on any atom is -0.497 e. The summed E-state index contributed by atoms with van der Waals surface area (Å²) in [6, 6.07) is 13.9. The van der Waals surface area contributed by atoms with Crippen molar-refractivity contribution in [2.75, 3.05) is 13.7 Å². The number of hydrogen-bond acceptors (Lipinski definition) is 2. The van der Waals surface area contributed by atoms with Crippen LogP contribution < -0.4 is 10.1 Å². The Bertz CT molecular complexity index is 892. The van der Waals surface area contributed by atoms with Gasteiger partial charge in [0.25, 0.3) is 0 Å². The van der Waals surface area contributed by atoms with Crippen LogP contribution in [0.4, 0.5) is 0 Å². The smallest absolute Gasteiger partial charge is 0.244 e. The van der Waals surface area contributed by atoms with Gasteiger partial charge in [-0.05, 0) is 54.8 Å². The van der Waals surface area contributed by atoms with Gasteiger partial charge in [0.05, 0.1) is 7.11 Å². The molecule has 2 N–H and O–H groups in total. The van der Waals surface area contributed by atoms with Crippen LogP contribution in [0.2, 0.25) is 0 Å². The number of aromatic nitrogens is 1. The zero-order valence-corrected chi connectivity index (χ0v) is 14.5. The molecule has 0 atom stereocenters. The van der Waals surface area contributed by atoms with Gasteiger partial charge in [0.15, 0.2) is 0 Å². The van der Waals surface area contributed by atoms with Crippen molar-refractivity contribution >= 4 is 22.9 Å². The van der Waals surface area contributed by atoms with Crippen LogP contribution in [0, 0.1) is 6.92 Å². The molecule has 0 radical (unpaired) electrons. The number of hydrogen-bond donors (Lipinski definition) is 2. The van der Waals surface area contributed by atoms with Gasteiger partial charge in [-0.1, -0.05) is 23.8 Å². The minimum atomic E-state index is -0.0909. The number of carbonyl (C=O) groups excluding carboxylic acids is 1. The molecule has 25 heavy (non-hydrogen) atoms. The molecule has 3 aromatic rings. The molecular formula is C21H22N2O2. The van der Waals surface area contributed by atoms with E-state index in [2.05, 4.69) is 35.4 Å². The summed E-state index contributed by atoms with van der Waals surface area (Å²) >= 11 is 0. The first-order chi connectivity index (χ1) is 12.2. The summed E-state index contributed by atoms with van der Waals surface area (Å²) < 4.78 is 5.12. The Morgan fingerprint density at radius 3 is 2.76 bits per heavy atom. The maximum atomic E-state index is 12.0. The van der Waals surface area contributed by atoms with Gasteiger partial charge in [-0.3, -0.25) is 4.79 Å². The van der Waals surface area contributed by atoms with Gasteiger partial charge in [0.1, 0.15) is 5.75 Å². The number of methoxy groups -OCH3 is 1. The molecule has 3 rings (SSSR count). The number of amides is 1. The highest BCUT2D eigenvalue weighted by Gasteiger charge is 2.04. The van der Waals surface area contributed by atoms with E-state index in [0.29, 0.717) is 6.54 Å². The Balaban J connectivity index is 1.53. The van der Waals surface area contributed by atoms with Crippen LogP contribution in [-0.4, -0.2) is 24.5 Å². The summed E-state index contributed by atoms with van der Waals surface area (Å²) in [6.45, 7) is 2.69. The second kappa shape index (κ2) is 7.71. The van der Waals surface area contributed by atoms with Crippen molar-refractivity contribution in [2.24, 2.45) is 0 Å². The Morgan fingerprint density at radius 1 is 1.20 bits per heavy atom. The summed E-state index contributed by atoms with van der Waals surface area (Å²) in [4.78, 5) is 15.2. The second-order valence-corrected chi connectivity index (χ2v) is 6.01. The Labute approximate surface area is 147 Å². The summed E-state index contributed by atoms with van der Waals surface area (Å²) in [5.74, 6) is 0.711. The van der Waals surface area contributed by atoms with Gasteiger partial charge in [-0.25, -0.2) is 0 Å². The fraction of sp³-hybridized carbons (Fsp3) is 0.190. The number of nitrogens with one attached hydrogen (secondary N) is 2. The van der Waals surface area contributed by atoms with Crippen molar-refractivity contribution in [3.63, 3.8) is 0 Å². The molecule has 0 spiro atoms. The van der Waals surface area contributed by atoms with Crippen LogP contribution in [0.3, 0.4) is 0 Å². The van der Waals surface area contributed by atoms with Crippen molar-refractivity contribution in [3.8, 4) is 5.75 Å². The summed E-state index contributed by atoms with van der Waals surface area (Å²) in [5, 5.41) is 4.15. The molecule has 0 aliphatic heterocycles. The standard InChI is InChI=1S/C21H22N2O2/c1-15-3-9-20-19(13-15)17(14-23-20)11-12-22-21(24)10-6-16-4-7-18(25-2)8-5-16/h3-10,13-14,23H,11-12H2,1-2H3,(H,22,24)/b10-6+. The van der Waals surface area contributed by atoms with E-state index < -0.39 is 0 Å². The first-order valence-electron chi connectivity index (χ1n) is 8.32. The predicted molar refractivity (Wildman–Crippen MR) is 102 cm³/mol. The van der Waals surface area contributed by atoms with Gasteiger partial charge >= 0.3 is 0 Å². The monoisotopic (exact) mass is 334 g/mol. The molecule has 2 aromatic carbocycles. The van der Waals surface area contributed by atoms with E-state index in [4.69, 9.17) is 4.74 Å². The van der Waals surface area contributed by atoms with E-state index in [1.807, 2.05) is 30.5 Å². The van der Waals surface area contributed by atoms with Crippen molar-refractivity contribution in [2.45, 2.75) is 13.3 Å². The highest BCUT2D eigenvalue weighted by Crippen LogP contribution is 2.19. The van der Waals surface area contributed by atoms with E-state index >= 15 is 0 Å². The van der Waals surface area contributed by atoms with Crippen LogP contribution in [-0.2, 0) is 11.2 Å². The van der Waals surface area contributed by atoms with Crippen LogP contribution in [0.15, 0.2) is 54.7 Å². The summed E-state index contributed by atoms with van der Waals surface area (Å²) in [6.07, 6.45) is 6.17. The minimum absolute atomic E-state index is 0.0909. The van der Waals surface area contributed by atoms with Crippen molar-refractivity contribution in [3.05, 3.63) is 71.4 Å². The lowest BCUT2D eigenvalue weighted by molar-refractivity contribution is -0.116. The third-order valence-corrected chi connectivity index (χ3v) is 4.16. The second-order valence-electron chi connectivity index (χ2n) is 6.01. The third kappa shape index (κ3) is 4.29. The number of aromatic amines is 1. The number of carbonyl (C=O) groups is 1. The summed E-state index contributed by atoms with van der Waals surface area (Å²) in [7, 11) is 1.63. The lowest BCUT2D eigenvalue weighted by atomic mass is 10.1. The molecule has 1 amide bonds. The van der Waals surface area contributed by atoms with Crippen LogP contribution in [0.1, 0.15) is 16.7 Å². The van der Waals surface area contributed by atoms with E-state index in [9.17, 15) is 4.79 Å². The quantitative estimate of drug-likeness (QED) is 0.673. The molecule has 0 bridgehead atoms. The van der Waals surface area contributed by atoms with Crippen LogP contribution in [0.25, 0.3) is 17.0 Å². The van der Waals surface area contributed by atoms with Crippen molar-refractivity contribution in [1.82, 2.24) is 10.3 Å². The molecule has 0 aliphatic rings. The van der Waals surface area contributed by atoms with E-state index in [-0.39, 0.29) is 5.91 Å². The van der Waals surface area contributed by atoms with Crippen LogP contribution >= 0.6 is 0 Å². The van der Waals surface area contributed by atoms with Crippen molar-refractivity contribution < 1.29 is 9.53 Å². The molecule has 0 saturated carbocycles. The topological polar surface area (TPSA) is 54.1 Å². The Morgan fingerprint density at radius 2 is 2.00 bits per heavy atom. The number of fused-ring (bicyclic) bond motifs is 1. The average molecular weight is 334 g/mol. The summed E-state index contributed by atoms with van der Waals surface area (Å²) in [5.41, 5.74) is 4.55. The largest absolute Gasteiger partial charge is 0.497 e. The molecule has 1 aromatic heterocycles. The SMILES string of the molecule is COc1ccc(/C=C/C(=O)NCCc2c[nH]c3ccc(C)cc23)cc1. The number of rotatable bonds is 6. The maximum Gasteiger partial charge on any atom is 0.244 e. The van der Waals surface area contributed by atoms with Gasteiger partial charge in [0.2, 0.25) is 5.91 Å². The van der Waals surface area contributed by atoms with E-state index in [1.165, 1.54) is 16.5 Å². The lowest BCUT2D eigenvalue weighted by Crippen LogP contribution is -2.23.